The Bertz CT molecular complexity index is 466. The van der Waals surface area contributed by atoms with Crippen molar-refractivity contribution in [3.63, 3.8) is 0 Å². The van der Waals surface area contributed by atoms with Crippen molar-refractivity contribution in [3.8, 4) is 0 Å². The van der Waals surface area contributed by atoms with E-state index in [9.17, 15) is 4.79 Å². The molecule has 0 aliphatic heterocycles. The number of hydrogen-bond donors (Lipinski definition) is 0. The highest BCUT2D eigenvalue weighted by molar-refractivity contribution is 9.09. The summed E-state index contributed by atoms with van der Waals surface area (Å²) in [5, 5.41) is 0.863. The second kappa shape index (κ2) is 7.26. The van der Waals surface area contributed by atoms with Crippen molar-refractivity contribution in [1.29, 1.82) is 0 Å². The predicted octanol–water partition coefficient (Wildman–Crippen LogP) is 4.01. The van der Waals surface area contributed by atoms with E-state index in [1.54, 1.807) is 0 Å². The van der Waals surface area contributed by atoms with E-state index < -0.39 is 0 Å². The van der Waals surface area contributed by atoms with Crippen LogP contribution in [0.15, 0.2) is 18.2 Å². The molecule has 1 aliphatic rings. The molecule has 0 heterocycles. The van der Waals surface area contributed by atoms with Gasteiger partial charge in [0.05, 0.1) is 6.42 Å². The van der Waals surface area contributed by atoms with Crippen LogP contribution >= 0.6 is 15.9 Å². The Morgan fingerprint density at radius 1 is 1.25 bits per heavy atom. The zero-order valence-electron chi connectivity index (χ0n) is 12.5. The van der Waals surface area contributed by atoms with E-state index in [1.807, 2.05) is 0 Å². The third-order valence-corrected chi connectivity index (χ3v) is 4.69. The average Bonchev–Trinajstić information content (AvgIpc) is 2.94. The number of rotatable bonds is 5. The molecule has 3 heteroatoms. The van der Waals surface area contributed by atoms with E-state index in [4.69, 9.17) is 0 Å². The highest BCUT2D eigenvalue weighted by Gasteiger charge is 2.25. The first-order chi connectivity index (χ1) is 9.61. The monoisotopic (exact) mass is 337 g/mol. The molecule has 0 bridgehead atoms. The number of aryl methyl sites for hydroxylation is 2. The first-order valence-electron chi connectivity index (χ1n) is 7.53. The van der Waals surface area contributed by atoms with Crippen molar-refractivity contribution in [2.45, 2.75) is 52.0 Å². The third kappa shape index (κ3) is 3.85. The molecule has 1 aromatic carbocycles. The first kappa shape index (κ1) is 15.6. The van der Waals surface area contributed by atoms with Crippen LogP contribution in [0.5, 0.6) is 0 Å². The van der Waals surface area contributed by atoms with Crippen LogP contribution in [0, 0.1) is 13.8 Å². The van der Waals surface area contributed by atoms with E-state index in [1.165, 1.54) is 36.8 Å². The van der Waals surface area contributed by atoms with Gasteiger partial charge in [-0.2, -0.15) is 0 Å². The lowest BCUT2D eigenvalue weighted by molar-refractivity contribution is -0.132. The SMILES string of the molecule is Cc1ccc(CC(=O)N(CCBr)C2CCCC2)cc1C. The predicted molar refractivity (Wildman–Crippen MR) is 87.4 cm³/mol. The number of carbonyl (C=O) groups excluding carboxylic acids is 1. The van der Waals surface area contributed by atoms with Crippen LogP contribution in [0.4, 0.5) is 0 Å². The molecule has 0 unspecified atom stereocenters. The topological polar surface area (TPSA) is 20.3 Å². The fraction of sp³-hybridized carbons (Fsp3) is 0.588. The normalized spacial score (nSPS) is 15.6. The molecular formula is C17H24BrNO. The smallest absolute Gasteiger partial charge is 0.227 e. The van der Waals surface area contributed by atoms with Crippen LogP contribution in [-0.4, -0.2) is 28.7 Å². The molecular weight excluding hydrogens is 314 g/mol. The molecule has 2 rings (SSSR count). The number of alkyl halides is 1. The standard InChI is InChI=1S/C17H24BrNO/c1-13-7-8-15(11-14(13)2)12-17(20)19(10-9-18)16-5-3-4-6-16/h7-8,11,16H,3-6,9-10,12H2,1-2H3. The summed E-state index contributed by atoms with van der Waals surface area (Å²) < 4.78 is 0. The molecule has 0 spiro atoms. The molecule has 20 heavy (non-hydrogen) atoms. The molecule has 1 aliphatic carbocycles. The number of nitrogens with zero attached hydrogens (tertiary/aromatic N) is 1. The zero-order valence-corrected chi connectivity index (χ0v) is 14.1. The summed E-state index contributed by atoms with van der Waals surface area (Å²) in [6, 6.07) is 6.81. The molecule has 1 aromatic rings. The van der Waals surface area contributed by atoms with E-state index in [0.29, 0.717) is 12.5 Å². The summed E-state index contributed by atoms with van der Waals surface area (Å²) in [5.41, 5.74) is 3.69. The molecule has 110 valence electrons. The van der Waals surface area contributed by atoms with Gasteiger partial charge in [-0.3, -0.25) is 4.79 Å². The maximum atomic E-state index is 12.6. The van der Waals surface area contributed by atoms with Gasteiger partial charge in [-0.15, -0.1) is 0 Å². The van der Waals surface area contributed by atoms with E-state index in [0.717, 1.165) is 17.4 Å². The van der Waals surface area contributed by atoms with Crippen molar-refractivity contribution in [3.05, 3.63) is 34.9 Å². The molecule has 0 atom stereocenters. The largest absolute Gasteiger partial charge is 0.339 e. The summed E-state index contributed by atoms with van der Waals surface area (Å²) in [6.45, 7) is 5.04. The quantitative estimate of drug-likeness (QED) is 0.743. The minimum atomic E-state index is 0.277. The first-order valence-corrected chi connectivity index (χ1v) is 8.65. The summed E-state index contributed by atoms with van der Waals surface area (Å²) in [7, 11) is 0. The van der Waals surface area contributed by atoms with Crippen LogP contribution < -0.4 is 0 Å². The van der Waals surface area contributed by atoms with Gasteiger partial charge in [-0.25, -0.2) is 0 Å². The highest BCUT2D eigenvalue weighted by atomic mass is 79.9. The number of hydrogen-bond acceptors (Lipinski definition) is 1. The van der Waals surface area contributed by atoms with Crippen LogP contribution in [-0.2, 0) is 11.2 Å². The molecule has 0 N–H and O–H groups in total. The van der Waals surface area contributed by atoms with Gasteiger partial charge in [0.2, 0.25) is 5.91 Å². The summed E-state index contributed by atoms with van der Waals surface area (Å²) >= 11 is 3.48. The van der Waals surface area contributed by atoms with Gasteiger partial charge < -0.3 is 4.90 Å². The third-order valence-electron chi connectivity index (χ3n) is 4.34. The Kier molecular flexibility index (Phi) is 5.64. The van der Waals surface area contributed by atoms with E-state index >= 15 is 0 Å². The molecule has 1 fully saturated rings. The molecule has 1 amide bonds. The van der Waals surface area contributed by atoms with Crippen LogP contribution in [0.3, 0.4) is 0 Å². The lowest BCUT2D eigenvalue weighted by Gasteiger charge is -2.28. The number of benzene rings is 1. The molecule has 0 radical (unpaired) electrons. The van der Waals surface area contributed by atoms with E-state index in [2.05, 4.69) is 52.9 Å². The van der Waals surface area contributed by atoms with E-state index in [-0.39, 0.29) is 5.91 Å². The van der Waals surface area contributed by atoms with Crippen molar-refractivity contribution < 1.29 is 4.79 Å². The van der Waals surface area contributed by atoms with Crippen molar-refractivity contribution in [2.24, 2.45) is 0 Å². The Morgan fingerprint density at radius 3 is 2.55 bits per heavy atom. The van der Waals surface area contributed by atoms with Gasteiger partial charge >= 0.3 is 0 Å². The summed E-state index contributed by atoms with van der Waals surface area (Å²) in [6.07, 6.45) is 5.41. The highest BCUT2D eigenvalue weighted by Crippen LogP contribution is 2.24. The maximum absolute atomic E-state index is 12.6. The molecule has 0 saturated heterocycles. The Labute approximate surface area is 130 Å². The second-order valence-electron chi connectivity index (χ2n) is 5.81. The Hall–Kier alpha value is -0.830. The van der Waals surface area contributed by atoms with Gasteiger partial charge in [0.25, 0.3) is 0 Å². The number of amides is 1. The van der Waals surface area contributed by atoms with Gasteiger partial charge in [0, 0.05) is 17.9 Å². The van der Waals surface area contributed by atoms with Gasteiger partial charge in [-0.05, 0) is 43.4 Å². The lowest BCUT2D eigenvalue weighted by Crippen LogP contribution is -2.41. The summed E-state index contributed by atoms with van der Waals surface area (Å²) in [5.74, 6) is 0.277. The fourth-order valence-corrected chi connectivity index (χ4v) is 3.39. The van der Waals surface area contributed by atoms with Crippen LogP contribution in [0.2, 0.25) is 0 Å². The van der Waals surface area contributed by atoms with Crippen molar-refractivity contribution in [2.75, 3.05) is 11.9 Å². The minimum Gasteiger partial charge on any atom is -0.339 e. The van der Waals surface area contributed by atoms with Gasteiger partial charge in [0.1, 0.15) is 0 Å². The van der Waals surface area contributed by atoms with Gasteiger partial charge in [0.15, 0.2) is 0 Å². The maximum Gasteiger partial charge on any atom is 0.227 e. The zero-order chi connectivity index (χ0) is 14.5. The number of carbonyl (C=O) groups is 1. The van der Waals surface area contributed by atoms with Crippen LogP contribution in [0.25, 0.3) is 0 Å². The van der Waals surface area contributed by atoms with Crippen LogP contribution in [0.1, 0.15) is 42.4 Å². The average molecular weight is 338 g/mol. The Balaban J connectivity index is 2.05. The fourth-order valence-electron chi connectivity index (χ4n) is 3.01. The molecule has 2 nitrogen and oxygen atoms in total. The van der Waals surface area contributed by atoms with Gasteiger partial charge in [-0.1, -0.05) is 47.0 Å². The van der Waals surface area contributed by atoms with Crippen molar-refractivity contribution >= 4 is 21.8 Å². The Morgan fingerprint density at radius 2 is 1.95 bits per heavy atom. The lowest BCUT2D eigenvalue weighted by atomic mass is 10.0. The number of halogens is 1. The summed E-state index contributed by atoms with van der Waals surface area (Å²) in [4.78, 5) is 14.7. The van der Waals surface area contributed by atoms with Crippen molar-refractivity contribution in [1.82, 2.24) is 4.90 Å². The second-order valence-corrected chi connectivity index (χ2v) is 6.60. The molecule has 0 aromatic heterocycles. The molecule has 1 saturated carbocycles. The minimum absolute atomic E-state index is 0.277.